The van der Waals surface area contributed by atoms with E-state index in [1.54, 1.807) is 7.11 Å². The first-order valence-electron chi connectivity index (χ1n) is 6.42. The quantitative estimate of drug-likeness (QED) is 0.864. The Kier molecular flexibility index (Phi) is 4.63. The van der Waals surface area contributed by atoms with Crippen LogP contribution in [0.1, 0.15) is 51.2 Å². The molecule has 0 heterocycles. The fourth-order valence-electron chi connectivity index (χ4n) is 2.10. The van der Waals surface area contributed by atoms with Gasteiger partial charge in [-0.05, 0) is 36.4 Å². The van der Waals surface area contributed by atoms with Gasteiger partial charge < -0.3 is 15.6 Å². The highest BCUT2D eigenvalue weighted by molar-refractivity contribution is 5.50. The molecular formula is C15H25NO2. The Morgan fingerprint density at radius 2 is 1.94 bits per heavy atom. The second kappa shape index (κ2) is 5.61. The van der Waals surface area contributed by atoms with Gasteiger partial charge in [0, 0.05) is 11.1 Å². The van der Waals surface area contributed by atoms with Gasteiger partial charge in [0.15, 0.2) is 0 Å². The van der Waals surface area contributed by atoms with Crippen LogP contribution in [-0.2, 0) is 5.41 Å². The molecule has 0 aliphatic carbocycles. The Hall–Kier alpha value is -1.22. The summed E-state index contributed by atoms with van der Waals surface area (Å²) in [5.41, 5.74) is 7.32. The van der Waals surface area contributed by atoms with Gasteiger partial charge in [0.25, 0.3) is 0 Å². The van der Waals surface area contributed by atoms with Crippen molar-refractivity contribution in [2.24, 2.45) is 5.73 Å². The number of rotatable bonds is 4. The topological polar surface area (TPSA) is 55.5 Å². The van der Waals surface area contributed by atoms with Crippen molar-refractivity contribution < 1.29 is 9.84 Å². The SMILES string of the molecule is COc1cc(C(C)CCN)c(O)c(C(C)(C)C)c1. The molecule has 3 N–H and O–H groups in total. The lowest BCUT2D eigenvalue weighted by Crippen LogP contribution is -2.13. The Labute approximate surface area is 110 Å². The van der Waals surface area contributed by atoms with E-state index in [0.717, 1.165) is 23.3 Å². The van der Waals surface area contributed by atoms with E-state index in [1.807, 2.05) is 12.1 Å². The molecule has 1 rings (SSSR count). The zero-order valence-corrected chi connectivity index (χ0v) is 12.1. The molecule has 102 valence electrons. The number of hydrogen-bond acceptors (Lipinski definition) is 3. The number of methoxy groups -OCH3 is 1. The van der Waals surface area contributed by atoms with Crippen LogP contribution in [0.2, 0.25) is 0 Å². The molecule has 1 unspecified atom stereocenters. The van der Waals surface area contributed by atoms with Crippen molar-refractivity contribution in [3.63, 3.8) is 0 Å². The monoisotopic (exact) mass is 251 g/mol. The highest BCUT2D eigenvalue weighted by Crippen LogP contribution is 2.40. The molecule has 18 heavy (non-hydrogen) atoms. The molecule has 0 spiro atoms. The van der Waals surface area contributed by atoms with Gasteiger partial charge in [-0.25, -0.2) is 0 Å². The van der Waals surface area contributed by atoms with Gasteiger partial charge in [0.1, 0.15) is 11.5 Å². The maximum Gasteiger partial charge on any atom is 0.123 e. The molecule has 1 aromatic carbocycles. The van der Waals surface area contributed by atoms with Crippen molar-refractivity contribution in [1.82, 2.24) is 0 Å². The van der Waals surface area contributed by atoms with Crippen LogP contribution in [-0.4, -0.2) is 18.8 Å². The first-order valence-corrected chi connectivity index (χ1v) is 6.42. The lowest BCUT2D eigenvalue weighted by molar-refractivity contribution is 0.400. The predicted molar refractivity (Wildman–Crippen MR) is 75.4 cm³/mol. The third kappa shape index (κ3) is 3.16. The molecule has 1 aromatic rings. The molecule has 0 aliphatic heterocycles. The van der Waals surface area contributed by atoms with Crippen LogP contribution >= 0.6 is 0 Å². The first-order chi connectivity index (χ1) is 8.31. The van der Waals surface area contributed by atoms with E-state index in [4.69, 9.17) is 10.5 Å². The normalized spacial score (nSPS) is 13.4. The fourth-order valence-corrected chi connectivity index (χ4v) is 2.10. The van der Waals surface area contributed by atoms with Crippen LogP contribution in [0.3, 0.4) is 0 Å². The predicted octanol–water partition coefficient (Wildman–Crippen LogP) is 3.15. The Balaban J connectivity index is 3.34. The summed E-state index contributed by atoms with van der Waals surface area (Å²) in [4.78, 5) is 0. The molecule has 1 atom stereocenters. The van der Waals surface area contributed by atoms with Gasteiger partial charge in [-0.2, -0.15) is 0 Å². The molecule has 0 radical (unpaired) electrons. The van der Waals surface area contributed by atoms with Crippen LogP contribution in [0, 0.1) is 0 Å². The Morgan fingerprint density at radius 3 is 2.39 bits per heavy atom. The van der Waals surface area contributed by atoms with Crippen LogP contribution < -0.4 is 10.5 Å². The molecule has 0 fully saturated rings. The number of ether oxygens (including phenoxy) is 1. The third-order valence-electron chi connectivity index (χ3n) is 3.29. The highest BCUT2D eigenvalue weighted by atomic mass is 16.5. The molecule has 0 aliphatic rings. The van der Waals surface area contributed by atoms with Gasteiger partial charge in [-0.3, -0.25) is 0 Å². The van der Waals surface area contributed by atoms with Crippen molar-refractivity contribution >= 4 is 0 Å². The van der Waals surface area contributed by atoms with E-state index in [1.165, 1.54) is 0 Å². The largest absolute Gasteiger partial charge is 0.507 e. The molecule has 0 amide bonds. The van der Waals surface area contributed by atoms with Gasteiger partial charge in [-0.1, -0.05) is 27.7 Å². The smallest absolute Gasteiger partial charge is 0.123 e. The summed E-state index contributed by atoms with van der Waals surface area (Å²) in [5, 5.41) is 10.4. The maximum absolute atomic E-state index is 10.4. The summed E-state index contributed by atoms with van der Waals surface area (Å²) in [7, 11) is 1.65. The lowest BCUT2D eigenvalue weighted by atomic mass is 9.83. The molecule has 3 heteroatoms. The van der Waals surface area contributed by atoms with Gasteiger partial charge in [0.2, 0.25) is 0 Å². The number of aromatic hydroxyl groups is 1. The average molecular weight is 251 g/mol. The highest BCUT2D eigenvalue weighted by Gasteiger charge is 2.23. The fraction of sp³-hybridized carbons (Fsp3) is 0.600. The second-order valence-corrected chi connectivity index (χ2v) is 5.84. The minimum atomic E-state index is -0.115. The van der Waals surface area contributed by atoms with Crippen LogP contribution in [0.15, 0.2) is 12.1 Å². The minimum absolute atomic E-state index is 0.115. The summed E-state index contributed by atoms with van der Waals surface area (Å²) in [6, 6.07) is 3.82. The van der Waals surface area contributed by atoms with Crippen LogP contribution in [0.5, 0.6) is 11.5 Å². The molecule has 0 aromatic heterocycles. The van der Waals surface area contributed by atoms with E-state index in [0.29, 0.717) is 12.3 Å². The number of phenols is 1. The summed E-state index contributed by atoms with van der Waals surface area (Å²) < 4.78 is 5.33. The lowest BCUT2D eigenvalue weighted by Gasteiger charge is -2.24. The summed E-state index contributed by atoms with van der Waals surface area (Å²) in [5.74, 6) is 1.40. The van der Waals surface area contributed by atoms with E-state index >= 15 is 0 Å². The number of hydrogen-bond donors (Lipinski definition) is 2. The zero-order valence-electron chi connectivity index (χ0n) is 12.1. The average Bonchev–Trinajstić information content (AvgIpc) is 2.28. The van der Waals surface area contributed by atoms with E-state index < -0.39 is 0 Å². The van der Waals surface area contributed by atoms with Crippen molar-refractivity contribution in [2.75, 3.05) is 13.7 Å². The second-order valence-electron chi connectivity index (χ2n) is 5.84. The van der Waals surface area contributed by atoms with Gasteiger partial charge in [-0.15, -0.1) is 0 Å². The van der Waals surface area contributed by atoms with Crippen molar-refractivity contribution in [1.29, 1.82) is 0 Å². The van der Waals surface area contributed by atoms with Crippen LogP contribution in [0.25, 0.3) is 0 Å². The van der Waals surface area contributed by atoms with E-state index in [2.05, 4.69) is 27.7 Å². The summed E-state index contributed by atoms with van der Waals surface area (Å²) >= 11 is 0. The van der Waals surface area contributed by atoms with E-state index in [9.17, 15) is 5.11 Å². The molecular weight excluding hydrogens is 226 g/mol. The summed E-state index contributed by atoms with van der Waals surface area (Å²) in [6.07, 6.45) is 0.851. The molecule has 0 bridgehead atoms. The number of phenolic OH excluding ortho intramolecular Hbond substituents is 1. The van der Waals surface area contributed by atoms with Crippen molar-refractivity contribution in [3.05, 3.63) is 23.3 Å². The third-order valence-corrected chi connectivity index (χ3v) is 3.29. The summed E-state index contributed by atoms with van der Waals surface area (Å²) in [6.45, 7) is 8.94. The first kappa shape index (κ1) is 14.8. The zero-order chi connectivity index (χ0) is 13.9. The Bertz CT molecular complexity index is 408. The van der Waals surface area contributed by atoms with E-state index in [-0.39, 0.29) is 11.3 Å². The molecule has 0 saturated carbocycles. The standard InChI is InChI=1S/C15H25NO2/c1-10(6-7-16)12-8-11(18-5)9-13(14(12)17)15(2,3)4/h8-10,17H,6-7,16H2,1-5H3. The van der Waals surface area contributed by atoms with Crippen molar-refractivity contribution in [2.45, 2.75) is 45.4 Å². The molecule has 0 saturated heterocycles. The van der Waals surface area contributed by atoms with Gasteiger partial charge in [0.05, 0.1) is 7.11 Å². The van der Waals surface area contributed by atoms with Crippen LogP contribution in [0.4, 0.5) is 0 Å². The maximum atomic E-state index is 10.4. The number of nitrogens with two attached hydrogens (primary N) is 1. The van der Waals surface area contributed by atoms with Gasteiger partial charge >= 0.3 is 0 Å². The Morgan fingerprint density at radius 1 is 1.33 bits per heavy atom. The number of benzene rings is 1. The minimum Gasteiger partial charge on any atom is -0.507 e. The molecule has 3 nitrogen and oxygen atoms in total. The van der Waals surface area contributed by atoms with Crippen molar-refractivity contribution in [3.8, 4) is 11.5 Å².